The molecule has 0 aromatic heterocycles. The molecule has 2 aliphatic rings. The van der Waals surface area contributed by atoms with Gasteiger partial charge in [-0.2, -0.15) is 0 Å². The van der Waals surface area contributed by atoms with Crippen LogP contribution in [0.5, 0.6) is 0 Å². The van der Waals surface area contributed by atoms with Gasteiger partial charge in [0.2, 0.25) is 10.0 Å². The Morgan fingerprint density at radius 1 is 1.13 bits per heavy atom. The number of benzene rings is 1. The smallest absolute Gasteiger partial charge is 0.318 e. The van der Waals surface area contributed by atoms with E-state index in [-0.39, 0.29) is 24.7 Å². The van der Waals surface area contributed by atoms with Gasteiger partial charge in [-0.3, -0.25) is 18.9 Å². The molecule has 3 N–H and O–H groups in total. The second-order valence-electron chi connectivity index (χ2n) is 10.6. The number of anilines is 1. The summed E-state index contributed by atoms with van der Waals surface area (Å²) in [5, 5.41) is 2.92. The number of primary amides is 1. The van der Waals surface area contributed by atoms with Crippen molar-refractivity contribution in [1.82, 2.24) is 9.62 Å². The predicted molar refractivity (Wildman–Crippen MR) is 157 cm³/mol. The van der Waals surface area contributed by atoms with Gasteiger partial charge < -0.3 is 11.1 Å². The molecule has 0 radical (unpaired) electrons. The van der Waals surface area contributed by atoms with Crippen LogP contribution in [0.2, 0.25) is 0 Å². The number of carbonyl (C=O) groups is 2. The molecule has 0 aliphatic carbocycles. The summed E-state index contributed by atoms with van der Waals surface area (Å²) in [6, 6.07) is 3.12. The lowest BCUT2D eigenvalue weighted by molar-refractivity contribution is -0.124. The van der Waals surface area contributed by atoms with E-state index in [2.05, 4.69) is 5.32 Å². The lowest BCUT2D eigenvalue weighted by atomic mass is 9.89. The van der Waals surface area contributed by atoms with Crippen molar-refractivity contribution in [3.63, 3.8) is 0 Å². The number of hydrogen-bond donors (Lipinski definition) is 2. The van der Waals surface area contributed by atoms with E-state index in [9.17, 15) is 22.2 Å². The lowest BCUT2D eigenvalue weighted by Crippen LogP contribution is -2.50. The average molecular weight is 582 g/mol. The van der Waals surface area contributed by atoms with Crippen molar-refractivity contribution in [2.75, 3.05) is 42.3 Å². The fourth-order valence-electron chi connectivity index (χ4n) is 5.28. The summed E-state index contributed by atoms with van der Waals surface area (Å²) in [4.78, 5) is 30.4. The summed E-state index contributed by atoms with van der Waals surface area (Å²) in [5.74, 6) is 1.99. The number of nitrogens with zero attached hydrogens (tertiary/aromatic N) is 3. The highest BCUT2D eigenvalue weighted by atomic mass is 32.2. The van der Waals surface area contributed by atoms with Gasteiger partial charge in [-0.15, -0.1) is 0 Å². The maximum absolute atomic E-state index is 13.2. The number of amides is 3. The highest BCUT2D eigenvalue weighted by Gasteiger charge is 2.47. The highest BCUT2D eigenvalue weighted by molar-refractivity contribution is 7.89. The van der Waals surface area contributed by atoms with E-state index in [4.69, 9.17) is 10.7 Å². The van der Waals surface area contributed by atoms with Crippen molar-refractivity contribution < 1.29 is 22.2 Å². The van der Waals surface area contributed by atoms with Crippen LogP contribution in [0, 0.1) is 13.8 Å². The summed E-state index contributed by atoms with van der Waals surface area (Å²) in [7, 11) is -2.66. The molecular weight excluding hydrogens is 538 g/mol. The fraction of sp³-hybridized carbons (Fsp3) is 0.667. The molecule has 1 aromatic carbocycles. The number of aliphatic imine (C=N–C) groups is 1. The van der Waals surface area contributed by atoms with Gasteiger partial charge in [-0.1, -0.05) is 13.3 Å². The van der Waals surface area contributed by atoms with Crippen LogP contribution in [0.4, 0.5) is 10.5 Å². The van der Waals surface area contributed by atoms with Crippen molar-refractivity contribution in [3.8, 4) is 0 Å². The van der Waals surface area contributed by atoms with Gasteiger partial charge in [-0.05, 0) is 81.2 Å². The first-order chi connectivity index (χ1) is 18.4. The molecule has 39 heavy (non-hydrogen) atoms. The molecule has 3 amide bonds. The van der Waals surface area contributed by atoms with Crippen molar-refractivity contribution in [2.24, 2.45) is 10.7 Å². The molecule has 3 rings (SSSR count). The zero-order valence-electron chi connectivity index (χ0n) is 23.6. The maximum atomic E-state index is 13.2. The molecule has 1 saturated heterocycles. The molecule has 10 nitrogen and oxygen atoms in total. The number of hydrogen-bond acceptors (Lipinski definition) is 6. The molecule has 0 bridgehead atoms. The SMILES string of the molecule is CCCS(=O)CCCCCC1=NC2(CCN(S(=O)(=O)CCc3c(C)cc(N(C)C(N)=O)cc3C)CC2)C(=O)N1. The Balaban J connectivity index is 1.53. The molecule has 0 saturated carbocycles. The van der Waals surface area contributed by atoms with Gasteiger partial charge in [0.05, 0.1) is 5.75 Å². The molecule has 1 fully saturated rings. The topological polar surface area (TPSA) is 142 Å². The van der Waals surface area contributed by atoms with E-state index in [0.717, 1.165) is 53.9 Å². The number of nitrogens with one attached hydrogen (secondary N) is 1. The Kier molecular flexibility index (Phi) is 10.7. The summed E-state index contributed by atoms with van der Waals surface area (Å²) in [6.07, 6.45) is 5.40. The zero-order valence-corrected chi connectivity index (χ0v) is 25.3. The van der Waals surface area contributed by atoms with Gasteiger partial charge in [-0.25, -0.2) is 17.5 Å². The van der Waals surface area contributed by atoms with Crippen molar-refractivity contribution >= 4 is 44.3 Å². The lowest BCUT2D eigenvalue weighted by Gasteiger charge is -2.34. The van der Waals surface area contributed by atoms with Crippen LogP contribution in [0.15, 0.2) is 17.1 Å². The second-order valence-corrected chi connectivity index (χ2v) is 14.4. The fourth-order valence-corrected chi connectivity index (χ4v) is 7.93. The normalized spacial score (nSPS) is 18.2. The van der Waals surface area contributed by atoms with Crippen molar-refractivity contribution in [3.05, 3.63) is 28.8 Å². The molecule has 1 atom stereocenters. The van der Waals surface area contributed by atoms with Crippen LogP contribution in [-0.4, -0.2) is 77.6 Å². The number of unbranched alkanes of at least 4 members (excludes halogenated alkanes) is 2. The first-order valence-corrected chi connectivity index (χ1v) is 16.8. The first-order valence-electron chi connectivity index (χ1n) is 13.7. The molecule has 1 aromatic rings. The Bertz CT molecular complexity index is 1200. The van der Waals surface area contributed by atoms with Gasteiger partial charge in [0.25, 0.3) is 5.91 Å². The van der Waals surface area contributed by atoms with E-state index < -0.39 is 32.4 Å². The number of rotatable bonds is 13. The molecular formula is C27H43N5O5S2. The third kappa shape index (κ3) is 7.88. The summed E-state index contributed by atoms with van der Waals surface area (Å²) in [6.45, 7) is 6.36. The number of nitrogens with two attached hydrogens (primary N) is 1. The van der Waals surface area contributed by atoms with Crippen LogP contribution >= 0.6 is 0 Å². The standard InChI is InChI=1S/C27H43N5O5S2/c1-5-15-38(35)16-8-6-7-9-24-29-25(33)27(30-24)11-13-32(14-12-27)39(36,37)17-10-23-20(2)18-22(19-21(23)3)31(4)26(28)34/h18-19H,5-17H2,1-4H3,(H2,28,34)(H,29,30,33). The summed E-state index contributed by atoms with van der Waals surface area (Å²) < 4.78 is 39.6. The van der Waals surface area contributed by atoms with Gasteiger partial charge >= 0.3 is 6.03 Å². The van der Waals surface area contributed by atoms with Crippen molar-refractivity contribution in [2.45, 2.75) is 77.7 Å². The Hall–Kier alpha value is -2.31. The average Bonchev–Trinajstić information content (AvgIpc) is 3.17. The zero-order chi connectivity index (χ0) is 28.8. The maximum Gasteiger partial charge on any atom is 0.318 e. The molecule has 1 unspecified atom stereocenters. The van der Waals surface area contributed by atoms with Crippen LogP contribution < -0.4 is 16.0 Å². The number of amidine groups is 1. The number of piperidine rings is 1. The Morgan fingerprint density at radius 3 is 2.36 bits per heavy atom. The number of aryl methyl sites for hydroxylation is 2. The largest absolute Gasteiger partial charge is 0.351 e. The van der Waals surface area contributed by atoms with E-state index >= 15 is 0 Å². The highest BCUT2D eigenvalue weighted by Crippen LogP contribution is 2.32. The van der Waals surface area contributed by atoms with Crippen LogP contribution in [-0.2, 0) is 32.0 Å². The molecule has 1 spiro atoms. The molecule has 2 heterocycles. The Labute approximate surface area is 235 Å². The molecule has 2 aliphatic heterocycles. The van der Waals surface area contributed by atoms with Crippen LogP contribution in [0.25, 0.3) is 0 Å². The summed E-state index contributed by atoms with van der Waals surface area (Å²) >= 11 is 0. The number of sulfonamides is 1. The monoisotopic (exact) mass is 581 g/mol. The van der Waals surface area contributed by atoms with E-state index in [0.29, 0.717) is 37.2 Å². The van der Waals surface area contributed by atoms with Crippen LogP contribution in [0.1, 0.15) is 68.6 Å². The molecule has 218 valence electrons. The van der Waals surface area contributed by atoms with Gasteiger partial charge in [0.15, 0.2) is 0 Å². The van der Waals surface area contributed by atoms with E-state index in [1.54, 1.807) is 7.05 Å². The van der Waals surface area contributed by atoms with E-state index in [1.165, 1.54) is 9.21 Å². The quantitative estimate of drug-likeness (QED) is 0.345. The van der Waals surface area contributed by atoms with Gasteiger partial charge in [0, 0.05) is 54.6 Å². The van der Waals surface area contributed by atoms with Crippen molar-refractivity contribution in [1.29, 1.82) is 0 Å². The first kappa shape index (κ1) is 31.2. The summed E-state index contributed by atoms with van der Waals surface area (Å²) in [5.41, 5.74) is 7.92. The Morgan fingerprint density at radius 2 is 1.77 bits per heavy atom. The third-order valence-electron chi connectivity index (χ3n) is 7.70. The van der Waals surface area contributed by atoms with E-state index in [1.807, 2.05) is 32.9 Å². The second kappa shape index (κ2) is 13.4. The third-order valence-corrected chi connectivity index (χ3v) is 11.2. The predicted octanol–water partition coefficient (Wildman–Crippen LogP) is 2.77. The molecule has 12 heteroatoms. The van der Waals surface area contributed by atoms with Crippen LogP contribution in [0.3, 0.4) is 0 Å². The minimum Gasteiger partial charge on any atom is -0.351 e. The number of carbonyl (C=O) groups excluding carboxylic acids is 2. The minimum absolute atomic E-state index is 0.0313. The minimum atomic E-state index is -3.52. The number of urea groups is 1. The van der Waals surface area contributed by atoms with Gasteiger partial charge in [0.1, 0.15) is 11.4 Å².